The fraction of sp³-hybridized carbons (Fsp3) is 0.333. The molecule has 1 heterocycles. The molecular formula is C15H19N3O2S. The van der Waals surface area contributed by atoms with Gasteiger partial charge in [0.15, 0.2) is 0 Å². The van der Waals surface area contributed by atoms with Gasteiger partial charge in [-0.05, 0) is 25.5 Å². The van der Waals surface area contributed by atoms with Gasteiger partial charge < -0.3 is 4.74 Å². The van der Waals surface area contributed by atoms with Gasteiger partial charge in [0.25, 0.3) is 5.91 Å². The van der Waals surface area contributed by atoms with Crippen molar-refractivity contribution in [2.24, 2.45) is 5.84 Å². The van der Waals surface area contributed by atoms with Crippen LogP contribution in [0.1, 0.15) is 39.3 Å². The number of hydrogen-bond donors (Lipinski definition) is 2. The number of carbonyl (C=O) groups is 1. The van der Waals surface area contributed by atoms with E-state index in [1.165, 1.54) is 16.9 Å². The number of ether oxygens (including phenoxy) is 1. The zero-order chi connectivity index (χ0) is 15.2. The number of amides is 1. The summed E-state index contributed by atoms with van der Waals surface area (Å²) in [4.78, 5) is 16.8. The van der Waals surface area contributed by atoms with Crippen molar-refractivity contribution in [3.05, 3.63) is 45.4 Å². The standard InChI is InChI=1S/C15H19N3O2S/c1-3-4-12-14(15(19)18-16)21-13(17-12)9-20-11-7-5-10(2)6-8-11/h5-8H,3-4,9,16H2,1-2H3,(H,18,19). The Labute approximate surface area is 128 Å². The van der Waals surface area contributed by atoms with Crippen molar-refractivity contribution in [2.75, 3.05) is 0 Å². The third kappa shape index (κ3) is 4.03. The van der Waals surface area contributed by atoms with Crippen LogP contribution in [0.25, 0.3) is 0 Å². The highest BCUT2D eigenvalue weighted by Gasteiger charge is 2.16. The summed E-state index contributed by atoms with van der Waals surface area (Å²) < 4.78 is 5.69. The Hall–Kier alpha value is -1.92. The summed E-state index contributed by atoms with van der Waals surface area (Å²) in [6, 6.07) is 7.83. The average molecular weight is 305 g/mol. The van der Waals surface area contributed by atoms with Gasteiger partial charge in [-0.2, -0.15) is 0 Å². The van der Waals surface area contributed by atoms with Crippen LogP contribution in [0.3, 0.4) is 0 Å². The van der Waals surface area contributed by atoms with E-state index < -0.39 is 0 Å². The lowest BCUT2D eigenvalue weighted by Gasteiger charge is -2.03. The summed E-state index contributed by atoms with van der Waals surface area (Å²) in [6.45, 7) is 4.42. The van der Waals surface area contributed by atoms with Crippen molar-refractivity contribution in [1.29, 1.82) is 0 Å². The van der Waals surface area contributed by atoms with Crippen LogP contribution < -0.4 is 16.0 Å². The van der Waals surface area contributed by atoms with Gasteiger partial charge in [0, 0.05) is 0 Å². The van der Waals surface area contributed by atoms with Gasteiger partial charge >= 0.3 is 0 Å². The second-order valence-electron chi connectivity index (χ2n) is 4.71. The minimum Gasteiger partial charge on any atom is -0.486 e. The van der Waals surface area contributed by atoms with Gasteiger partial charge in [0.2, 0.25) is 0 Å². The second-order valence-corrected chi connectivity index (χ2v) is 5.79. The van der Waals surface area contributed by atoms with E-state index in [4.69, 9.17) is 10.6 Å². The normalized spacial score (nSPS) is 10.4. The molecule has 3 N–H and O–H groups in total. The molecule has 0 saturated carbocycles. The van der Waals surface area contributed by atoms with Crippen LogP contribution in [0, 0.1) is 6.92 Å². The van der Waals surface area contributed by atoms with Gasteiger partial charge in [-0.3, -0.25) is 10.2 Å². The summed E-state index contributed by atoms with van der Waals surface area (Å²) in [6.07, 6.45) is 1.68. The Morgan fingerprint density at radius 1 is 1.38 bits per heavy atom. The molecule has 0 aliphatic rings. The van der Waals surface area contributed by atoms with E-state index in [9.17, 15) is 4.79 Å². The maximum absolute atomic E-state index is 11.7. The van der Waals surface area contributed by atoms with Gasteiger partial charge in [-0.15, -0.1) is 11.3 Å². The molecule has 0 aliphatic heterocycles. The first-order valence-corrected chi connectivity index (χ1v) is 7.64. The Kier molecular flexibility index (Phi) is 5.30. The lowest BCUT2D eigenvalue weighted by atomic mass is 10.2. The van der Waals surface area contributed by atoms with Gasteiger partial charge in [0.1, 0.15) is 22.2 Å². The molecule has 1 aromatic heterocycles. The largest absolute Gasteiger partial charge is 0.486 e. The number of hydrazine groups is 1. The quantitative estimate of drug-likeness (QED) is 0.488. The first-order valence-electron chi connectivity index (χ1n) is 6.83. The molecule has 0 aliphatic carbocycles. The van der Waals surface area contributed by atoms with Crippen LogP contribution >= 0.6 is 11.3 Å². The average Bonchev–Trinajstić information content (AvgIpc) is 2.89. The van der Waals surface area contributed by atoms with Crippen LogP contribution in [-0.4, -0.2) is 10.9 Å². The predicted octanol–water partition coefficient (Wildman–Crippen LogP) is 2.59. The van der Waals surface area contributed by atoms with Crippen molar-refractivity contribution >= 4 is 17.2 Å². The molecule has 1 amide bonds. The number of nitrogen functional groups attached to an aromatic ring is 1. The van der Waals surface area contributed by atoms with Crippen molar-refractivity contribution < 1.29 is 9.53 Å². The maximum atomic E-state index is 11.7. The molecule has 21 heavy (non-hydrogen) atoms. The summed E-state index contributed by atoms with van der Waals surface area (Å²) in [5.41, 5.74) is 4.13. The molecule has 1 aromatic carbocycles. The number of benzene rings is 1. The first kappa shape index (κ1) is 15.5. The molecule has 2 rings (SSSR count). The fourth-order valence-corrected chi connectivity index (χ4v) is 2.82. The number of nitrogens with two attached hydrogens (primary N) is 1. The zero-order valence-corrected chi connectivity index (χ0v) is 13.0. The van der Waals surface area contributed by atoms with Gasteiger partial charge in [0.05, 0.1) is 5.69 Å². The van der Waals surface area contributed by atoms with Crippen molar-refractivity contribution in [3.8, 4) is 5.75 Å². The topological polar surface area (TPSA) is 77.2 Å². The van der Waals surface area contributed by atoms with E-state index >= 15 is 0 Å². The summed E-state index contributed by atoms with van der Waals surface area (Å²) in [5, 5.41) is 0.776. The molecule has 0 bridgehead atoms. The van der Waals surface area contributed by atoms with E-state index in [1.54, 1.807) is 0 Å². The maximum Gasteiger partial charge on any atom is 0.277 e. The van der Waals surface area contributed by atoms with E-state index in [0.717, 1.165) is 29.3 Å². The smallest absolute Gasteiger partial charge is 0.277 e. The molecule has 6 heteroatoms. The SMILES string of the molecule is CCCc1nc(COc2ccc(C)cc2)sc1C(=O)NN. The summed E-state index contributed by atoms with van der Waals surface area (Å²) in [5.74, 6) is 5.70. The molecule has 0 unspecified atom stereocenters. The Morgan fingerprint density at radius 2 is 2.10 bits per heavy atom. The number of hydrogen-bond acceptors (Lipinski definition) is 5. The minimum absolute atomic E-state index is 0.294. The summed E-state index contributed by atoms with van der Waals surface area (Å²) >= 11 is 1.33. The lowest BCUT2D eigenvalue weighted by Crippen LogP contribution is -2.30. The van der Waals surface area contributed by atoms with E-state index in [-0.39, 0.29) is 5.91 Å². The number of thiazole rings is 1. The van der Waals surface area contributed by atoms with Crippen LogP contribution in [0.15, 0.2) is 24.3 Å². The van der Waals surface area contributed by atoms with Crippen molar-refractivity contribution in [1.82, 2.24) is 10.4 Å². The van der Waals surface area contributed by atoms with Crippen LogP contribution in [-0.2, 0) is 13.0 Å². The first-order chi connectivity index (χ1) is 10.1. The molecule has 0 spiro atoms. The fourth-order valence-electron chi connectivity index (χ4n) is 1.89. The second kappa shape index (κ2) is 7.19. The molecule has 112 valence electrons. The van der Waals surface area contributed by atoms with Crippen molar-refractivity contribution in [3.63, 3.8) is 0 Å². The number of aryl methyl sites for hydroxylation is 2. The van der Waals surface area contributed by atoms with Gasteiger partial charge in [-0.1, -0.05) is 31.0 Å². The number of carbonyl (C=O) groups excluding carboxylic acids is 1. The van der Waals surface area contributed by atoms with E-state index in [1.807, 2.05) is 38.1 Å². The van der Waals surface area contributed by atoms with Crippen LogP contribution in [0.4, 0.5) is 0 Å². The number of nitrogens with one attached hydrogen (secondary N) is 1. The van der Waals surface area contributed by atoms with Crippen molar-refractivity contribution in [2.45, 2.75) is 33.3 Å². The Morgan fingerprint density at radius 3 is 2.71 bits per heavy atom. The number of aromatic nitrogens is 1. The minimum atomic E-state index is -0.294. The molecule has 5 nitrogen and oxygen atoms in total. The third-order valence-electron chi connectivity index (χ3n) is 2.95. The molecule has 0 fully saturated rings. The Balaban J connectivity index is 2.09. The molecule has 0 radical (unpaired) electrons. The molecule has 2 aromatic rings. The predicted molar refractivity (Wildman–Crippen MR) is 83.3 cm³/mol. The van der Waals surface area contributed by atoms with Crippen LogP contribution in [0.5, 0.6) is 5.75 Å². The summed E-state index contributed by atoms with van der Waals surface area (Å²) in [7, 11) is 0. The highest BCUT2D eigenvalue weighted by atomic mass is 32.1. The Bertz CT molecular complexity index is 608. The van der Waals surface area contributed by atoms with E-state index in [0.29, 0.717) is 11.5 Å². The lowest BCUT2D eigenvalue weighted by molar-refractivity contribution is 0.0956. The van der Waals surface area contributed by atoms with E-state index in [2.05, 4.69) is 10.4 Å². The number of rotatable bonds is 6. The zero-order valence-electron chi connectivity index (χ0n) is 12.2. The van der Waals surface area contributed by atoms with Crippen LogP contribution in [0.2, 0.25) is 0 Å². The molecule has 0 saturated heterocycles. The third-order valence-corrected chi connectivity index (χ3v) is 4.02. The highest BCUT2D eigenvalue weighted by molar-refractivity contribution is 7.13. The molecule has 0 atom stereocenters. The number of nitrogens with zero attached hydrogens (tertiary/aromatic N) is 1. The molecular weight excluding hydrogens is 286 g/mol. The monoisotopic (exact) mass is 305 g/mol. The highest BCUT2D eigenvalue weighted by Crippen LogP contribution is 2.22. The van der Waals surface area contributed by atoms with Gasteiger partial charge in [-0.25, -0.2) is 10.8 Å².